The van der Waals surface area contributed by atoms with Gasteiger partial charge < -0.3 is 15.2 Å². The number of hydrogen-bond acceptors (Lipinski definition) is 4. The molecule has 1 fully saturated rings. The Bertz CT molecular complexity index is 534. The van der Waals surface area contributed by atoms with Gasteiger partial charge in [0, 0.05) is 31.7 Å². The fourth-order valence-corrected chi connectivity index (χ4v) is 3.20. The molecule has 0 radical (unpaired) electrons. The number of nitrogens with zero attached hydrogens (tertiary/aromatic N) is 1. The minimum Gasteiger partial charge on any atom is -0.393 e. The standard InChI is InChI=1S/C20H32N2O3/c1-14(2)19(23)9-10-21-20(24)18-7-5-17(6-8-18)13-22-11-15(3)25-16(4)12-22/h5-8,14-16,19,23H,9-13H2,1-4H3,(H,21,24). The van der Waals surface area contributed by atoms with Gasteiger partial charge in [-0.2, -0.15) is 0 Å². The molecule has 0 bridgehead atoms. The summed E-state index contributed by atoms with van der Waals surface area (Å²) in [6, 6.07) is 7.78. The minimum atomic E-state index is -0.374. The molecule has 1 aromatic rings. The lowest BCUT2D eigenvalue weighted by molar-refractivity contribution is -0.0704. The average molecular weight is 348 g/mol. The monoisotopic (exact) mass is 348 g/mol. The Balaban J connectivity index is 1.81. The molecular formula is C20H32N2O3. The molecule has 1 amide bonds. The van der Waals surface area contributed by atoms with Crippen LogP contribution in [-0.2, 0) is 11.3 Å². The Morgan fingerprint density at radius 2 is 1.84 bits per heavy atom. The third-order valence-corrected chi connectivity index (χ3v) is 4.61. The second-order valence-corrected chi connectivity index (χ2v) is 7.50. The molecule has 3 unspecified atom stereocenters. The lowest BCUT2D eigenvalue weighted by atomic mass is 10.0. The summed E-state index contributed by atoms with van der Waals surface area (Å²) in [6.07, 6.45) is 0.723. The van der Waals surface area contributed by atoms with Crippen LogP contribution in [0.1, 0.15) is 50.0 Å². The second-order valence-electron chi connectivity index (χ2n) is 7.50. The molecule has 2 N–H and O–H groups in total. The van der Waals surface area contributed by atoms with Crippen LogP contribution in [0.5, 0.6) is 0 Å². The molecule has 140 valence electrons. The number of nitrogens with one attached hydrogen (secondary N) is 1. The molecule has 3 atom stereocenters. The van der Waals surface area contributed by atoms with Crippen LogP contribution in [0, 0.1) is 5.92 Å². The highest BCUT2D eigenvalue weighted by Gasteiger charge is 2.22. The van der Waals surface area contributed by atoms with Crippen molar-refractivity contribution in [3.8, 4) is 0 Å². The molecule has 1 aliphatic heterocycles. The normalized spacial score (nSPS) is 22.8. The van der Waals surface area contributed by atoms with Gasteiger partial charge in [-0.1, -0.05) is 26.0 Å². The van der Waals surface area contributed by atoms with Gasteiger partial charge in [-0.25, -0.2) is 0 Å². The van der Waals surface area contributed by atoms with Crippen molar-refractivity contribution in [1.29, 1.82) is 0 Å². The molecule has 2 rings (SSSR count). The summed E-state index contributed by atoms with van der Waals surface area (Å²) < 4.78 is 5.76. The molecule has 1 heterocycles. The zero-order valence-corrected chi connectivity index (χ0v) is 15.9. The van der Waals surface area contributed by atoms with Crippen molar-refractivity contribution in [3.05, 3.63) is 35.4 Å². The van der Waals surface area contributed by atoms with E-state index in [2.05, 4.69) is 24.1 Å². The van der Waals surface area contributed by atoms with E-state index < -0.39 is 0 Å². The van der Waals surface area contributed by atoms with Crippen molar-refractivity contribution in [2.24, 2.45) is 5.92 Å². The van der Waals surface area contributed by atoms with Gasteiger partial charge >= 0.3 is 0 Å². The number of ether oxygens (including phenoxy) is 1. The van der Waals surface area contributed by atoms with E-state index >= 15 is 0 Å². The highest BCUT2D eigenvalue weighted by atomic mass is 16.5. The first-order chi connectivity index (χ1) is 11.8. The molecule has 5 nitrogen and oxygen atoms in total. The summed E-state index contributed by atoms with van der Waals surface area (Å²) in [6.45, 7) is 11.4. The lowest BCUT2D eigenvalue weighted by Gasteiger charge is -2.35. The van der Waals surface area contributed by atoms with E-state index in [4.69, 9.17) is 4.74 Å². The molecular weight excluding hydrogens is 316 g/mol. The highest BCUT2D eigenvalue weighted by Crippen LogP contribution is 2.15. The van der Waals surface area contributed by atoms with Crippen LogP contribution < -0.4 is 5.32 Å². The molecule has 0 spiro atoms. The number of morpholine rings is 1. The smallest absolute Gasteiger partial charge is 0.251 e. The zero-order chi connectivity index (χ0) is 18.4. The second kappa shape index (κ2) is 9.32. The van der Waals surface area contributed by atoms with Gasteiger partial charge in [0.1, 0.15) is 0 Å². The summed E-state index contributed by atoms with van der Waals surface area (Å²) in [5, 5.41) is 12.6. The van der Waals surface area contributed by atoms with E-state index in [0.29, 0.717) is 18.5 Å². The number of aliphatic hydroxyl groups excluding tert-OH is 1. The number of carbonyl (C=O) groups excluding carboxylic acids is 1. The van der Waals surface area contributed by atoms with Gasteiger partial charge in [0.25, 0.3) is 5.91 Å². The summed E-state index contributed by atoms with van der Waals surface area (Å²) >= 11 is 0. The fraction of sp³-hybridized carbons (Fsp3) is 0.650. The predicted octanol–water partition coefficient (Wildman–Crippen LogP) is 2.43. The Hall–Kier alpha value is -1.43. The van der Waals surface area contributed by atoms with Crippen molar-refractivity contribution in [2.75, 3.05) is 19.6 Å². The van der Waals surface area contributed by atoms with Crippen molar-refractivity contribution in [3.63, 3.8) is 0 Å². The number of rotatable bonds is 7. The molecule has 5 heteroatoms. The predicted molar refractivity (Wildman–Crippen MR) is 99.5 cm³/mol. The molecule has 1 aliphatic rings. The first-order valence-corrected chi connectivity index (χ1v) is 9.28. The van der Waals surface area contributed by atoms with E-state index in [-0.39, 0.29) is 30.1 Å². The Morgan fingerprint density at radius 3 is 2.40 bits per heavy atom. The van der Waals surface area contributed by atoms with Gasteiger partial charge in [0.05, 0.1) is 18.3 Å². The van der Waals surface area contributed by atoms with E-state index in [1.807, 2.05) is 38.1 Å². The quantitative estimate of drug-likeness (QED) is 0.794. The third kappa shape index (κ3) is 6.42. The number of aliphatic hydroxyl groups is 1. The van der Waals surface area contributed by atoms with Crippen molar-refractivity contribution in [2.45, 2.75) is 59.0 Å². The highest BCUT2D eigenvalue weighted by molar-refractivity contribution is 5.94. The molecule has 0 aromatic heterocycles. The largest absolute Gasteiger partial charge is 0.393 e. The van der Waals surface area contributed by atoms with E-state index in [1.165, 1.54) is 5.56 Å². The van der Waals surface area contributed by atoms with E-state index in [9.17, 15) is 9.90 Å². The van der Waals surface area contributed by atoms with Crippen LogP contribution in [-0.4, -0.2) is 53.9 Å². The maximum Gasteiger partial charge on any atom is 0.251 e. The van der Waals surface area contributed by atoms with E-state index in [1.54, 1.807) is 0 Å². The Labute approximate surface area is 151 Å². The number of benzene rings is 1. The van der Waals surface area contributed by atoms with Crippen LogP contribution in [0.15, 0.2) is 24.3 Å². The van der Waals surface area contributed by atoms with Crippen LogP contribution in [0.4, 0.5) is 0 Å². The van der Waals surface area contributed by atoms with Gasteiger partial charge in [0.2, 0.25) is 0 Å². The van der Waals surface area contributed by atoms with Gasteiger partial charge in [-0.05, 0) is 43.9 Å². The van der Waals surface area contributed by atoms with Crippen LogP contribution in [0.25, 0.3) is 0 Å². The van der Waals surface area contributed by atoms with Crippen LogP contribution in [0.2, 0.25) is 0 Å². The molecule has 1 aromatic carbocycles. The number of carbonyl (C=O) groups is 1. The van der Waals surface area contributed by atoms with Crippen LogP contribution in [0.3, 0.4) is 0 Å². The fourth-order valence-electron chi connectivity index (χ4n) is 3.20. The third-order valence-electron chi connectivity index (χ3n) is 4.61. The Kier molecular flexibility index (Phi) is 7.41. The van der Waals surface area contributed by atoms with Crippen molar-refractivity contribution in [1.82, 2.24) is 10.2 Å². The average Bonchev–Trinajstić information content (AvgIpc) is 2.54. The SMILES string of the molecule is CC1CN(Cc2ccc(C(=O)NCCC(O)C(C)C)cc2)CC(C)O1. The molecule has 0 aliphatic carbocycles. The summed E-state index contributed by atoms with van der Waals surface area (Å²) in [5.41, 5.74) is 1.86. The van der Waals surface area contributed by atoms with Crippen LogP contribution >= 0.6 is 0 Å². The molecule has 25 heavy (non-hydrogen) atoms. The number of amides is 1. The summed E-state index contributed by atoms with van der Waals surface area (Å²) in [7, 11) is 0. The maximum atomic E-state index is 12.2. The molecule has 0 saturated carbocycles. The summed E-state index contributed by atoms with van der Waals surface area (Å²) in [4.78, 5) is 14.6. The lowest BCUT2D eigenvalue weighted by Crippen LogP contribution is -2.44. The molecule has 1 saturated heterocycles. The first-order valence-electron chi connectivity index (χ1n) is 9.28. The van der Waals surface area contributed by atoms with E-state index in [0.717, 1.165) is 19.6 Å². The van der Waals surface area contributed by atoms with Crippen molar-refractivity contribution < 1.29 is 14.6 Å². The van der Waals surface area contributed by atoms with Gasteiger partial charge in [-0.3, -0.25) is 9.69 Å². The first kappa shape index (κ1) is 19.9. The zero-order valence-electron chi connectivity index (χ0n) is 15.9. The van der Waals surface area contributed by atoms with Crippen molar-refractivity contribution >= 4 is 5.91 Å². The van der Waals surface area contributed by atoms with Gasteiger partial charge in [-0.15, -0.1) is 0 Å². The number of hydrogen-bond donors (Lipinski definition) is 2. The topological polar surface area (TPSA) is 61.8 Å². The minimum absolute atomic E-state index is 0.0869. The summed E-state index contributed by atoms with van der Waals surface area (Å²) in [5.74, 6) is 0.123. The maximum absolute atomic E-state index is 12.2. The van der Waals surface area contributed by atoms with Gasteiger partial charge in [0.15, 0.2) is 0 Å². The Morgan fingerprint density at radius 1 is 1.24 bits per heavy atom.